The van der Waals surface area contributed by atoms with Crippen molar-refractivity contribution in [2.75, 3.05) is 33.2 Å². The van der Waals surface area contributed by atoms with Gasteiger partial charge in [-0.25, -0.2) is 0 Å². The van der Waals surface area contributed by atoms with Crippen molar-refractivity contribution in [3.05, 3.63) is 24.0 Å². The lowest BCUT2D eigenvalue weighted by atomic mass is 10.1. The zero-order valence-electron chi connectivity index (χ0n) is 12.2. The fraction of sp³-hybridized carbons (Fsp3) is 0.533. The SMILES string of the molecule is C#CC.C=CC1=C(N2CCN(C)CC2)NC=NC1C. The van der Waals surface area contributed by atoms with Gasteiger partial charge in [-0.3, -0.25) is 4.99 Å². The van der Waals surface area contributed by atoms with Gasteiger partial charge in [0.2, 0.25) is 0 Å². The van der Waals surface area contributed by atoms with E-state index >= 15 is 0 Å². The minimum Gasteiger partial charge on any atom is -0.355 e. The summed E-state index contributed by atoms with van der Waals surface area (Å²) in [6.07, 6.45) is 8.31. The third kappa shape index (κ3) is 4.15. The number of nitrogens with one attached hydrogen (secondary N) is 1. The number of nitrogens with zero attached hydrogens (tertiary/aromatic N) is 3. The van der Waals surface area contributed by atoms with Gasteiger partial charge in [0.15, 0.2) is 0 Å². The number of hydrogen-bond donors (Lipinski definition) is 1. The number of terminal acetylenes is 1. The summed E-state index contributed by atoms with van der Waals surface area (Å²) in [6, 6.07) is 0.216. The first-order valence-corrected chi connectivity index (χ1v) is 6.59. The molecule has 2 rings (SSSR count). The van der Waals surface area contributed by atoms with Crippen LogP contribution < -0.4 is 5.32 Å². The molecule has 104 valence electrons. The van der Waals surface area contributed by atoms with Crippen LogP contribution >= 0.6 is 0 Å². The van der Waals surface area contributed by atoms with Crippen molar-refractivity contribution in [1.29, 1.82) is 0 Å². The Morgan fingerprint density at radius 1 is 1.47 bits per heavy atom. The Balaban J connectivity index is 0.000000550. The number of piperazine rings is 1. The average molecular weight is 260 g/mol. The fourth-order valence-electron chi connectivity index (χ4n) is 2.14. The number of rotatable bonds is 2. The number of aliphatic imine (C=N–C) groups is 1. The van der Waals surface area contributed by atoms with E-state index < -0.39 is 0 Å². The summed E-state index contributed by atoms with van der Waals surface area (Å²) in [6.45, 7) is 12.0. The summed E-state index contributed by atoms with van der Waals surface area (Å²) < 4.78 is 0. The van der Waals surface area contributed by atoms with Crippen LogP contribution in [0.25, 0.3) is 0 Å². The predicted octanol–water partition coefficient (Wildman–Crippen LogP) is 1.29. The molecule has 4 heteroatoms. The van der Waals surface area contributed by atoms with Crippen molar-refractivity contribution in [2.45, 2.75) is 19.9 Å². The molecule has 1 saturated heterocycles. The van der Waals surface area contributed by atoms with Crippen LogP contribution in [0.15, 0.2) is 29.0 Å². The number of likely N-dealkylation sites (N-methyl/N-ethyl adjacent to an activating group) is 1. The Bertz CT molecular complexity index is 395. The summed E-state index contributed by atoms with van der Waals surface area (Å²) in [4.78, 5) is 9.08. The van der Waals surface area contributed by atoms with Crippen LogP contribution in [0, 0.1) is 12.3 Å². The van der Waals surface area contributed by atoms with E-state index in [0.29, 0.717) is 0 Å². The molecule has 2 aliphatic rings. The van der Waals surface area contributed by atoms with Gasteiger partial charge in [-0.1, -0.05) is 12.7 Å². The lowest BCUT2D eigenvalue weighted by Crippen LogP contribution is -2.47. The fourth-order valence-corrected chi connectivity index (χ4v) is 2.14. The summed E-state index contributed by atoms with van der Waals surface area (Å²) in [7, 11) is 2.17. The Kier molecular flexibility index (Phi) is 6.17. The van der Waals surface area contributed by atoms with E-state index in [4.69, 9.17) is 0 Å². The molecule has 0 aromatic rings. The lowest BCUT2D eigenvalue weighted by Gasteiger charge is -2.37. The van der Waals surface area contributed by atoms with Crippen LogP contribution in [0.2, 0.25) is 0 Å². The van der Waals surface area contributed by atoms with E-state index in [2.05, 4.69) is 53.0 Å². The Morgan fingerprint density at radius 2 is 2.05 bits per heavy atom. The Hall–Kier alpha value is -1.73. The second-order valence-electron chi connectivity index (χ2n) is 4.69. The average Bonchev–Trinajstić information content (AvgIpc) is 2.40. The molecule has 0 aromatic carbocycles. The van der Waals surface area contributed by atoms with E-state index in [1.165, 1.54) is 11.4 Å². The van der Waals surface area contributed by atoms with Gasteiger partial charge < -0.3 is 15.1 Å². The summed E-state index contributed by atoms with van der Waals surface area (Å²) in [5.74, 6) is 3.44. The van der Waals surface area contributed by atoms with E-state index in [-0.39, 0.29) is 6.04 Å². The molecule has 1 N–H and O–H groups in total. The highest BCUT2D eigenvalue weighted by Crippen LogP contribution is 2.18. The summed E-state index contributed by atoms with van der Waals surface area (Å²) >= 11 is 0. The van der Waals surface area contributed by atoms with Gasteiger partial charge in [-0.2, -0.15) is 0 Å². The van der Waals surface area contributed by atoms with Gasteiger partial charge >= 0.3 is 0 Å². The van der Waals surface area contributed by atoms with Gasteiger partial charge in [-0.15, -0.1) is 12.3 Å². The van der Waals surface area contributed by atoms with Crippen molar-refractivity contribution in [3.63, 3.8) is 0 Å². The smallest absolute Gasteiger partial charge is 0.112 e. The second-order valence-corrected chi connectivity index (χ2v) is 4.69. The highest BCUT2D eigenvalue weighted by Gasteiger charge is 2.22. The molecule has 0 radical (unpaired) electrons. The van der Waals surface area contributed by atoms with Gasteiger partial charge in [0.05, 0.1) is 12.4 Å². The van der Waals surface area contributed by atoms with E-state index in [0.717, 1.165) is 26.2 Å². The topological polar surface area (TPSA) is 30.9 Å². The maximum Gasteiger partial charge on any atom is 0.112 e. The maximum atomic E-state index is 4.60. The first kappa shape index (κ1) is 15.3. The van der Waals surface area contributed by atoms with Crippen molar-refractivity contribution < 1.29 is 0 Å². The van der Waals surface area contributed by atoms with Gasteiger partial charge in [0.25, 0.3) is 0 Å². The molecular formula is C15H24N4. The van der Waals surface area contributed by atoms with E-state index in [1.807, 2.05) is 6.08 Å². The zero-order valence-corrected chi connectivity index (χ0v) is 12.2. The Labute approximate surface area is 116 Å². The first-order chi connectivity index (χ1) is 9.13. The molecule has 2 heterocycles. The quantitative estimate of drug-likeness (QED) is 0.759. The molecule has 0 amide bonds. The van der Waals surface area contributed by atoms with Crippen molar-refractivity contribution in [1.82, 2.24) is 15.1 Å². The standard InChI is InChI=1S/C12H20N4.C3H4/c1-4-11-10(2)13-9-14-12(11)16-7-5-15(3)6-8-16;1-3-2/h4,9-10H,1,5-8H2,2-3H3,(H,13,14);1H,2H3. The molecular weight excluding hydrogens is 236 g/mol. The summed E-state index contributed by atoms with van der Waals surface area (Å²) in [5, 5.41) is 3.26. The second kappa shape index (κ2) is 7.65. The first-order valence-electron chi connectivity index (χ1n) is 6.59. The van der Waals surface area contributed by atoms with Gasteiger partial charge in [0.1, 0.15) is 5.82 Å². The van der Waals surface area contributed by atoms with E-state index in [9.17, 15) is 0 Å². The van der Waals surface area contributed by atoms with Crippen molar-refractivity contribution in [2.24, 2.45) is 4.99 Å². The van der Waals surface area contributed by atoms with Crippen molar-refractivity contribution >= 4 is 6.34 Å². The lowest BCUT2D eigenvalue weighted by molar-refractivity contribution is 0.180. The van der Waals surface area contributed by atoms with Gasteiger partial charge in [0, 0.05) is 31.8 Å². The van der Waals surface area contributed by atoms with Crippen LogP contribution in [0.5, 0.6) is 0 Å². The molecule has 0 spiro atoms. The van der Waals surface area contributed by atoms with Crippen LogP contribution in [0.1, 0.15) is 13.8 Å². The molecule has 1 unspecified atom stereocenters. The molecule has 4 nitrogen and oxygen atoms in total. The van der Waals surface area contributed by atoms with Crippen molar-refractivity contribution in [3.8, 4) is 12.3 Å². The third-order valence-electron chi connectivity index (χ3n) is 3.26. The molecule has 19 heavy (non-hydrogen) atoms. The van der Waals surface area contributed by atoms with E-state index in [1.54, 1.807) is 13.3 Å². The predicted molar refractivity (Wildman–Crippen MR) is 81.9 cm³/mol. The zero-order chi connectivity index (χ0) is 14.3. The highest BCUT2D eigenvalue weighted by atomic mass is 15.3. The molecule has 0 bridgehead atoms. The molecule has 0 aromatic heterocycles. The third-order valence-corrected chi connectivity index (χ3v) is 3.26. The van der Waals surface area contributed by atoms with Crippen LogP contribution in [-0.4, -0.2) is 55.4 Å². The summed E-state index contributed by atoms with van der Waals surface area (Å²) in [5.41, 5.74) is 1.20. The minimum absolute atomic E-state index is 0.216. The normalized spacial score (nSPS) is 23.1. The van der Waals surface area contributed by atoms with Crippen LogP contribution in [-0.2, 0) is 0 Å². The monoisotopic (exact) mass is 260 g/mol. The molecule has 1 atom stereocenters. The molecule has 0 saturated carbocycles. The Morgan fingerprint density at radius 3 is 2.58 bits per heavy atom. The van der Waals surface area contributed by atoms with Crippen LogP contribution in [0.3, 0.4) is 0 Å². The largest absolute Gasteiger partial charge is 0.355 e. The molecule has 0 aliphatic carbocycles. The molecule has 2 aliphatic heterocycles. The van der Waals surface area contributed by atoms with Gasteiger partial charge in [-0.05, 0) is 20.9 Å². The molecule has 1 fully saturated rings. The minimum atomic E-state index is 0.216. The number of hydrogen-bond acceptors (Lipinski definition) is 4. The highest BCUT2D eigenvalue weighted by molar-refractivity contribution is 5.61. The maximum absolute atomic E-state index is 4.60. The van der Waals surface area contributed by atoms with Crippen LogP contribution in [0.4, 0.5) is 0 Å².